The Balaban J connectivity index is 0.000000243. The van der Waals surface area contributed by atoms with E-state index >= 15 is 0 Å². The Morgan fingerprint density at radius 2 is 2.06 bits per heavy atom. The molecule has 0 bridgehead atoms. The van der Waals surface area contributed by atoms with Crippen molar-refractivity contribution < 1.29 is 18.3 Å². The number of carbonyl (C=O) groups is 1. The van der Waals surface area contributed by atoms with E-state index in [-0.39, 0.29) is 34.8 Å². The van der Waals surface area contributed by atoms with Gasteiger partial charge in [-0.25, -0.2) is 13.8 Å². The topological polar surface area (TPSA) is 111 Å². The molecule has 3 atom stereocenters. The number of pyridine rings is 3. The molecule has 0 aromatic carbocycles. The zero-order chi connectivity index (χ0) is 23.8. The van der Waals surface area contributed by atoms with Gasteiger partial charge >= 0.3 is 0 Å². The Kier molecular flexibility index (Phi) is 6.14. The number of halogens is 2. The number of nitrogens with zero attached hydrogens (tertiary/aromatic N) is 2. The molecule has 5 rings (SSSR count). The number of amides is 1. The maximum atomic E-state index is 13.9. The van der Waals surface area contributed by atoms with Gasteiger partial charge in [0.05, 0.1) is 18.0 Å². The van der Waals surface area contributed by atoms with Crippen LogP contribution in [-0.2, 0) is 0 Å². The van der Waals surface area contributed by atoms with Gasteiger partial charge in [0, 0.05) is 42.1 Å². The van der Waals surface area contributed by atoms with Crippen LogP contribution in [0.25, 0.3) is 10.9 Å². The third kappa shape index (κ3) is 4.58. The number of hydrogen-bond acceptors (Lipinski definition) is 5. The second-order valence-electron chi connectivity index (χ2n) is 8.69. The lowest BCUT2D eigenvalue weighted by molar-refractivity contribution is -0.0412. The van der Waals surface area contributed by atoms with E-state index in [1.807, 2.05) is 25.1 Å². The molecule has 174 valence electrons. The molecule has 3 N–H and O–H groups in total. The monoisotopic (exact) mass is 456 g/mol. The molecule has 3 unspecified atom stereocenters. The molecular formula is C24H26F2N4O3. The molecule has 1 amide bonds. The molecule has 33 heavy (non-hydrogen) atoms. The predicted octanol–water partition coefficient (Wildman–Crippen LogP) is 3.96. The van der Waals surface area contributed by atoms with Crippen molar-refractivity contribution in [3.05, 3.63) is 63.8 Å². The zero-order valence-electron chi connectivity index (χ0n) is 18.5. The van der Waals surface area contributed by atoms with E-state index in [4.69, 9.17) is 10.5 Å². The Morgan fingerprint density at radius 3 is 2.70 bits per heavy atom. The number of methoxy groups -OCH3 is 1. The summed E-state index contributed by atoms with van der Waals surface area (Å²) in [7, 11) is 1.61. The molecule has 2 fully saturated rings. The number of nitrogens with one attached hydrogen (secondary N) is 1. The average Bonchev–Trinajstić information content (AvgIpc) is 3.34. The molecule has 3 aromatic heterocycles. The molecule has 0 saturated heterocycles. The van der Waals surface area contributed by atoms with Crippen LogP contribution in [0.3, 0.4) is 0 Å². The van der Waals surface area contributed by atoms with E-state index < -0.39 is 17.7 Å². The summed E-state index contributed by atoms with van der Waals surface area (Å²) in [5.41, 5.74) is 6.93. The Morgan fingerprint density at radius 1 is 1.27 bits per heavy atom. The summed E-state index contributed by atoms with van der Waals surface area (Å²) >= 11 is 0. The molecule has 9 heteroatoms. The van der Waals surface area contributed by atoms with Gasteiger partial charge in [0.15, 0.2) is 5.43 Å². The van der Waals surface area contributed by atoms with Crippen LogP contribution in [0, 0.1) is 18.8 Å². The largest absolute Gasteiger partial charge is 0.481 e. The minimum absolute atomic E-state index is 0.0165. The van der Waals surface area contributed by atoms with Gasteiger partial charge in [-0.15, -0.1) is 0 Å². The van der Waals surface area contributed by atoms with Crippen molar-refractivity contribution in [1.82, 2.24) is 15.0 Å². The first kappa shape index (κ1) is 22.8. The van der Waals surface area contributed by atoms with Crippen molar-refractivity contribution in [3.8, 4) is 5.88 Å². The van der Waals surface area contributed by atoms with E-state index in [1.165, 1.54) is 12.3 Å². The molecule has 2 saturated carbocycles. The number of H-pyrrole nitrogens is 1. The van der Waals surface area contributed by atoms with Gasteiger partial charge in [0.2, 0.25) is 5.88 Å². The Hall–Kier alpha value is -3.36. The number of aryl methyl sites for hydroxylation is 1. The summed E-state index contributed by atoms with van der Waals surface area (Å²) < 4.78 is 32.7. The number of carbonyl (C=O) groups excluding carboxylic acids is 1. The van der Waals surface area contributed by atoms with Crippen LogP contribution in [0.1, 0.15) is 53.5 Å². The first-order valence-electron chi connectivity index (χ1n) is 10.9. The van der Waals surface area contributed by atoms with Crippen molar-refractivity contribution in [2.24, 2.45) is 17.6 Å². The molecule has 0 aliphatic heterocycles. The fourth-order valence-electron chi connectivity index (χ4n) is 5.04. The molecule has 3 heterocycles. The number of hydrogen-bond donors (Lipinski definition) is 2. The van der Waals surface area contributed by atoms with Crippen LogP contribution in [0.2, 0.25) is 0 Å². The molecule has 0 radical (unpaired) electrons. The molecule has 7 nitrogen and oxygen atoms in total. The van der Waals surface area contributed by atoms with Gasteiger partial charge in [0.25, 0.3) is 11.8 Å². The fraction of sp³-hybridized carbons (Fsp3) is 0.417. The van der Waals surface area contributed by atoms with Gasteiger partial charge < -0.3 is 15.5 Å². The maximum absolute atomic E-state index is 13.9. The highest BCUT2D eigenvalue weighted by molar-refractivity contribution is 6.03. The van der Waals surface area contributed by atoms with E-state index in [9.17, 15) is 18.4 Å². The van der Waals surface area contributed by atoms with Crippen LogP contribution in [0.15, 0.2) is 41.3 Å². The van der Waals surface area contributed by atoms with Gasteiger partial charge in [-0.1, -0.05) is 6.07 Å². The van der Waals surface area contributed by atoms with Gasteiger partial charge in [-0.2, -0.15) is 0 Å². The molecule has 0 spiro atoms. The zero-order valence-corrected chi connectivity index (χ0v) is 18.5. The van der Waals surface area contributed by atoms with Crippen LogP contribution in [0.5, 0.6) is 5.88 Å². The number of ether oxygens (including phenoxy) is 1. The van der Waals surface area contributed by atoms with Gasteiger partial charge in [0.1, 0.15) is 5.69 Å². The van der Waals surface area contributed by atoms with Crippen molar-refractivity contribution >= 4 is 16.8 Å². The van der Waals surface area contributed by atoms with Gasteiger partial charge in [-0.05, 0) is 50.2 Å². The molecule has 2 aliphatic rings. The number of primary amides is 1. The quantitative estimate of drug-likeness (QED) is 0.620. The SMILES string of the molecule is COc1cccc(C)n1.NC(=O)c1nccc2[nH]c(C3CC4CCC(F)(F)C4C3)cc(=O)c12. The van der Waals surface area contributed by atoms with E-state index in [2.05, 4.69) is 15.0 Å². The highest BCUT2D eigenvalue weighted by Crippen LogP contribution is 2.56. The predicted molar refractivity (Wildman–Crippen MR) is 120 cm³/mol. The van der Waals surface area contributed by atoms with Crippen molar-refractivity contribution in [1.29, 1.82) is 0 Å². The van der Waals surface area contributed by atoms with Crippen molar-refractivity contribution in [2.75, 3.05) is 7.11 Å². The van der Waals surface area contributed by atoms with Crippen molar-refractivity contribution in [3.63, 3.8) is 0 Å². The Labute approximate surface area is 189 Å². The van der Waals surface area contributed by atoms with E-state index in [0.717, 1.165) is 5.69 Å². The summed E-state index contributed by atoms with van der Waals surface area (Å²) in [4.78, 5) is 34.9. The van der Waals surface area contributed by atoms with Crippen LogP contribution in [0.4, 0.5) is 8.78 Å². The number of alkyl halides is 2. The molecule has 2 aliphatic carbocycles. The lowest BCUT2D eigenvalue weighted by Crippen LogP contribution is -2.22. The summed E-state index contributed by atoms with van der Waals surface area (Å²) in [6, 6.07) is 8.67. The molecular weight excluding hydrogens is 430 g/mol. The summed E-state index contributed by atoms with van der Waals surface area (Å²) in [5.74, 6) is -3.36. The lowest BCUT2D eigenvalue weighted by Gasteiger charge is -2.18. The molecule has 3 aromatic rings. The lowest BCUT2D eigenvalue weighted by atomic mass is 9.97. The second kappa shape index (κ2) is 8.88. The number of rotatable bonds is 3. The first-order chi connectivity index (χ1) is 15.7. The summed E-state index contributed by atoms with van der Waals surface area (Å²) in [6.07, 6.45) is 2.96. The van der Waals surface area contributed by atoms with E-state index in [1.54, 1.807) is 13.2 Å². The standard InChI is InChI=1S/C17H17F2N3O2.C7H9NO/c18-17(19)3-1-8-5-9(6-10(8)17)12-7-13(23)14-11(22-12)2-4-21-15(14)16(20)24;1-6-4-3-5-7(8-6)9-2/h2,4,7-10H,1,3,5-6H2,(H2,20,24)(H,22,23);3-5H,1-2H3. The number of nitrogens with two attached hydrogens (primary N) is 1. The normalized spacial score (nSPS) is 23.0. The average molecular weight is 456 g/mol. The highest BCUT2D eigenvalue weighted by Gasteiger charge is 2.54. The smallest absolute Gasteiger partial charge is 0.268 e. The number of fused-ring (bicyclic) bond motifs is 2. The third-order valence-electron chi connectivity index (χ3n) is 6.59. The third-order valence-corrected chi connectivity index (χ3v) is 6.59. The number of aromatic nitrogens is 3. The maximum Gasteiger partial charge on any atom is 0.268 e. The van der Waals surface area contributed by atoms with E-state index in [0.29, 0.717) is 36.4 Å². The highest BCUT2D eigenvalue weighted by atomic mass is 19.3. The van der Waals surface area contributed by atoms with Crippen molar-refractivity contribution in [2.45, 2.75) is 44.4 Å². The summed E-state index contributed by atoms with van der Waals surface area (Å²) in [6.45, 7) is 1.93. The first-order valence-corrected chi connectivity index (χ1v) is 10.9. The Bertz CT molecular complexity index is 1240. The van der Waals surface area contributed by atoms with Gasteiger partial charge in [-0.3, -0.25) is 14.6 Å². The van der Waals surface area contributed by atoms with Crippen LogP contribution < -0.4 is 15.9 Å². The minimum Gasteiger partial charge on any atom is -0.481 e. The summed E-state index contributed by atoms with van der Waals surface area (Å²) in [5, 5.41) is 0.150. The second-order valence-corrected chi connectivity index (χ2v) is 8.69. The van der Waals surface area contributed by atoms with Crippen LogP contribution >= 0.6 is 0 Å². The number of aromatic amines is 1. The fourth-order valence-corrected chi connectivity index (χ4v) is 5.04. The van der Waals surface area contributed by atoms with Crippen LogP contribution in [-0.4, -0.2) is 33.9 Å². The minimum atomic E-state index is -2.60.